The highest BCUT2D eigenvalue weighted by Gasteiger charge is 2.38. The van der Waals surface area contributed by atoms with E-state index in [1.165, 1.54) is 19.3 Å². The molecule has 3 N–H and O–H groups in total. The number of rotatable bonds is 6. The molecule has 0 spiro atoms. The molecule has 11 nitrogen and oxygen atoms in total. The zero-order valence-corrected chi connectivity index (χ0v) is 21.6. The number of anilines is 3. The fourth-order valence-corrected chi connectivity index (χ4v) is 5.47. The SMILES string of the molecule is Cn1nnn(-c2cc(Nc3ncc(C#N)c(NC4CC(C)(C)NC(C)(C)C4)n3)cc(F)c2C2CC2)c1=O. The van der Waals surface area contributed by atoms with E-state index >= 15 is 4.39 Å². The molecule has 3 heterocycles. The summed E-state index contributed by atoms with van der Waals surface area (Å²) >= 11 is 0. The van der Waals surface area contributed by atoms with Crippen LogP contribution in [0.3, 0.4) is 0 Å². The molecule has 12 heteroatoms. The van der Waals surface area contributed by atoms with Gasteiger partial charge in [-0.1, -0.05) is 0 Å². The smallest absolute Gasteiger partial charge is 0.366 e. The predicted octanol–water partition coefficient (Wildman–Crippen LogP) is 3.11. The molecular formula is C25H31FN10O. The highest BCUT2D eigenvalue weighted by Crippen LogP contribution is 2.44. The molecule has 1 aliphatic heterocycles. The minimum Gasteiger partial charge on any atom is -0.366 e. The van der Waals surface area contributed by atoms with Gasteiger partial charge in [-0.2, -0.15) is 19.6 Å². The molecule has 2 aromatic heterocycles. The van der Waals surface area contributed by atoms with Gasteiger partial charge < -0.3 is 16.0 Å². The van der Waals surface area contributed by atoms with Crippen LogP contribution in [0.25, 0.3) is 5.69 Å². The van der Waals surface area contributed by atoms with E-state index in [1.807, 2.05) is 0 Å². The van der Waals surface area contributed by atoms with Crippen LogP contribution in [0.5, 0.6) is 0 Å². The predicted molar refractivity (Wildman–Crippen MR) is 137 cm³/mol. The molecule has 0 bridgehead atoms. The molecule has 0 radical (unpaired) electrons. The Hall–Kier alpha value is -3.85. The quantitative estimate of drug-likeness (QED) is 0.460. The number of aromatic nitrogens is 6. The van der Waals surface area contributed by atoms with Gasteiger partial charge in [0.2, 0.25) is 5.95 Å². The van der Waals surface area contributed by atoms with Crippen molar-refractivity contribution in [3.05, 3.63) is 45.8 Å². The summed E-state index contributed by atoms with van der Waals surface area (Å²) < 4.78 is 17.5. The van der Waals surface area contributed by atoms with Gasteiger partial charge in [-0.25, -0.2) is 14.2 Å². The number of piperidine rings is 1. The van der Waals surface area contributed by atoms with Crippen LogP contribution in [-0.2, 0) is 7.05 Å². The summed E-state index contributed by atoms with van der Waals surface area (Å²) in [4.78, 5) is 21.3. The first-order valence-corrected chi connectivity index (χ1v) is 12.4. The van der Waals surface area contributed by atoms with E-state index in [1.54, 1.807) is 6.07 Å². The van der Waals surface area contributed by atoms with Crippen LogP contribution in [0.2, 0.25) is 0 Å². The molecule has 1 saturated heterocycles. The Labute approximate surface area is 214 Å². The second-order valence-corrected chi connectivity index (χ2v) is 11.3. The van der Waals surface area contributed by atoms with Gasteiger partial charge in [0.1, 0.15) is 23.3 Å². The summed E-state index contributed by atoms with van der Waals surface area (Å²) in [6.07, 6.45) is 4.84. The van der Waals surface area contributed by atoms with Crippen molar-refractivity contribution in [1.29, 1.82) is 5.26 Å². The lowest BCUT2D eigenvalue weighted by Crippen LogP contribution is -2.60. The summed E-state index contributed by atoms with van der Waals surface area (Å²) in [6.45, 7) is 8.61. The molecule has 37 heavy (non-hydrogen) atoms. The van der Waals surface area contributed by atoms with E-state index in [0.717, 1.165) is 35.0 Å². The summed E-state index contributed by atoms with van der Waals surface area (Å²) in [5.74, 6) is 0.216. The number of tetrazole rings is 1. The molecule has 2 aliphatic rings. The van der Waals surface area contributed by atoms with Crippen molar-refractivity contribution in [1.82, 2.24) is 35.1 Å². The minimum absolute atomic E-state index is 0.0402. The Morgan fingerprint density at radius 1 is 1.16 bits per heavy atom. The minimum atomic E-state index is -0.465. The maximum Gasteiger partial charge on any atom is 0.368 e. The molecule has 0 unspecified atom stereocenters. The molecule has 5 rings (SSSR count). The van der Waals surface area contributed by atoms with Gasteiger partial charge in [0, 0.05) is 35.4 Å². The molecule has 0 atom stereocenters. The topological polar surface area (TPSA) is 138 Å². The lowest BCUT2D eigenvalue weighted by molar-refractivity contribution is 0.170. The molecule has 0 amide bonds. The first kappa shape index (κ1) is 24.8. The highest BCUT2D eigenvalue weighted by molar-refractivity contribution is 5.63. The largest absolute Gasteiger partial charge is 0.368 e. The van der Waals surface area contributed by atoms with Crippen molar-refractivity contribution in [3.63, 3.8) is 0 Å². The van der Waals surface area contributed by atoms with Crippen molar-refractivity contribution in [2.75, 3.05) is 10.6 Å². The Kier molecular flexibility index (Phi) is 5.98. The normalized spacial score (nSPS) is 18.8. The average molecular weight is 507 g/mol. The zero-order valence-electron chi connectivity index (χ0n) is 21.6. The fourth-order valence-electron chi connectivity index (χ4n) is 5.47. The Morgan fingerprint density at radius 2 is 1.86 bits per heavy atom. The van der Waals surface area contributed by atoms with E-state index in [0.29, 0.717) is 28.3 Å². The van der Waals surface area contributed by atoms with Crippen LogP contribution in [0.1, 0.15) is 70.4 Å². The molecule has 194 valence electrons. The van der Waals surface area contributed by atoms with Gasteiger partial charge in [0.15, 0.2) is 0 Å². The van der Waals surface area contributed by atoms with Gasteiger partial charge in [-0.3, -0.25) is 0 Å². The highest BCUT2D eigenvalue weighted by atomic mass is 19.1. The van der Waals surface area contributed by atoms with E-state index in [-0.39, 0.29) is 29.0 Å². The number of hydrogen-bond acceptors (Lipinski definition) is 9. The van der Waals surface area contributed by atoms with E-state index < -0.39 is 11.5 Å². The molecule has 1 saturated carbocycles. The Morgan fingerprint density at radius 3 is 2.46 bits per heavy atom. The van der Waals surface area contributed by atoms with Crippen molar-refractivity contribution >= 4 is 17.5 Å². The number of aryl methyl sites for hydroxylation is 1. The maximum absolute atomic E-state index is 15.3. The second kappa shape index (κ2) is 8.92. The molecule has 3 aromatic rings. The van der Waals surface area contributed by atoms with Crippen LogP contribution in [0.4, 0.5) is 21.8 Å². The average Bonchev–Trinajstić information content (AvgIpc) is 3.56. The third-order valence-electron chi connectivity index (χ3n) is 6.74. The van der Waals surface area contributed by atoms with E-state index in [4.69, 9.17) is 0 Å². The summed E-state index contributed by atoms with van der Waals surface area (Å²) in [6, 6.07) is 5.25. The Bertz CT molecular complexity index is 1430. The number of nitrogens with one attached hydrogen (secondary N) is 3. The lowest BCUT2D eigenvalue weighted by atomic mass is 9.79. The molecule has 2 fully saturated rings. The number of nitrogens with zero attached hydrogens (tertiary/aromatic N) is 7. The van der Waals surface area contributed by atoms with Gasteiger partial charge >= 0.3 is 5.69 Å². The van der Waals surface area contributed by atoms with Gasteiger partial charge in [-0.15, -0.1) is 0 Å². The van der Waals surface area contributed by atoms with Crippen LogP contribution in [-0.4, -0.2) is 46.9 Å². The van der Waals surface area contributed by atoms with E-state index in [9.17, 15) is 10.1 Å². The van der Waals surface area contributed by atoms with Crippen LogP contribution in [0, 0.1) is 17.1 Å². The van der Waals surface area contributed by atoms with Crippen LogP contribution in [0.15, 0.2) is 23.1 Å². The maximum atomic E-state index is 15.3. The van der Waals surface area contributed by atoms with Crippen molar-refractivity contribution in [3.8, 4) is 11.8 Å². The van der Waals surface area contributed by atoms with Crippen LogP contribution < -0.4 is 21.6 Å². The first-order valence-electron chi connectivity index (χ1n) is 12.4. The van der Waals surface area contributed by atoms with Gasteiger partial charge in [0.25, 0.3) is 0 Å². The summed E-state index contributed by atoms with van der Waals surface area (Å²) in [5.41, 5.74) is 0.830. The van der Waals surface area contributed by atoms with E-state index in [2.05, 4.69) is 70.1 Å². The second-order valence-electron chi connectivity index (χ2n) is 11.3. The van der Waals surface area contributed by atoms with Crippen molar-refractivity contribution in [2.45, 2.75) is 76.4 Å². The number of hydrogen-bond donors (Lipinski definition) is 3. The van der Waals surface area contributed by atoms with Crippen molar-refractivity contribution < 1.29 is 4.39 Å². The molecule has 1 aliphatic carbocycles. The molecular weight excluding hydrogens is 475 g/mol. The Balaban J connectivity index is 1.46. The standard InChI is InChI=1S/C25H31FN10O/c1-24(2)10-17(11-25(3,4)32-24)29-21-15(12-27)13-28-22(31-21)30-16-8-18(26)20(14-6-7-14)19(9-16)36-23(37)35(5)33-34-36/h8-9,13-14,17,32H,6-7,10-11H2,1-5H3,(H2,28,29,30,31). The number of halogens is 1. The third kappa shape index (κ3) is 5.17. The number of benzene rings is 1. The van der Waals surface area contributed by atoms with Crippen LogP contribution >= 0.6 is 0 Å². The molecule has 1 aromatic carbocycles. The number of nitriles is 1. The lowest BCUT2D eigenvalue weighted by Gasteiger charge is -2.46. The fraction of sp³-hybridized carbons (Fsp3) is 0.520. The van der Waals surface area contributed by atoms with Crippen molar-refractivity contribution in [2.24, 2.45) is 7.05 Å². The summed E-state index contributed by atoms with van der Waals surface area (Å²) in [5, 5.41) is 27.4. The monoisotopic (exact) mass is 506 g/mol. The third-order valence-corrected chi connectivity index (χ3v) is 6.74. The first-order chi connectivity index (χ1) is 17.4. The zero-order chi connectivity index (χ0) is 26.5. The van der Waals surface area contributed by atoms with Gasteiger partial charge in [-0.05, 0) is 81.9 Å². The summed E-state index contributed by atoms with van der Waals surface area (Å²) in [7, 11) is 1.49. The van der Waals surface area contributed by atoms with Gasteiger partial charge in [0.05, 0.1) is 11.9 Å².